The molecule has 1 fully saturated rings. The van der Waals surface area contributed by atoms with Crippen molar-refractivity contribution in [3.8, 4) is 0 Å². The maximum atomic E-state index is 10.9. The summed E-state index contributed by atoms with van der Waals surface area (Å²) in [7, 11) is 0. The van der Waals surface area contributed by atoms with Crippen molar-refractivity contribution >= 4 is 5.97 Å². The van der Waals surface area contributed by atoms with Gasteiger partial charge < -0.3 is 9.52 Å². The summed E-state index contributed by atoms with van der Waals surface area (Å²) in [6.07, 6.45) is 5.16. The summed E-state index contributed by atoms with van der Waals surface area (Å²) >= 11 is 0. The second-order valence-corrected chi connectivity index (χ2v) is 4.73. The van der Waals surface area contributed by atoms with Crippen molar-refractivity contribution in [3.63, 3.8) is 0 Å². The first-order chi connectivity index (χ1) is 8.20. The van der Waals surface area contributed by atoms with Gasteiger partial charge in [-0.1, -0.05) is 13.3 Å². The normalized spacial score (nSPS) is 21.6. The highest BCUT2D eigenvalue weighted by Crippen LogP contribution is 2.22. The van der Waals surface area contributed by atoms with Crippen LogP contribution >= 0.6 is 0 Å². The highest BCUT2D eigenvalue weighted by Gasteiger charge is 2.21. The Kier molecular flexibility index (Phi) is 3.84. The maximum absolute atomic E-state index is 10.9. The van der Waals surface area contributed by atoms with E-state index in [9.17, 15) is 4.79 Å². The van der Waals surface area contributed by atoms with Gasteiger partial charge in [-0.25, -0.2) is 4.79 Å². The zero-order valence-corrected chi connectivity index (χ0v) is 10.2. The van der Waals surface area contributed by atoms with E-state index in [1.54, 1.807) is 6.07 Å². The van der Waals surface area contributed by atoms with E-state index in [1.807, 2.05) is 0 Å². The lowest BCUT2D eigenvalue weighted by molar-refractivity contribution is 0.0658. The van der Waals surface area contributed by atoms with Gasteiger partial charge in [0.05, 0.1) is 6.26 Å². The Morgan fingerprint density at radius 2 is 2.47 bits per heavy atom. The molecular weight excluding hydrogens is 218 g/mol. The van der Waals surface area contributed by atoms with Crippen LogP contribution in [-0.2, 0) is 6.54 Å². The molecule has 0 aliphatic carbocycles. The van der Waals surface area contributed by atoms with Crippen molar-refractivity contribution < 1.29 is 14.3 Å². The molecule has 0 saturated carbocycles. The van der Waals surface area contributed by atoms with Crippen molar-refractivity contribution in [1.82, 2.24) is 4.90 Å². The SMILES string of the molecule is CCC1CCCN(Cc2ccoc2C(=O)O)C1. The van der Waals surface area contributed by atoms with Crippen LogP contribution in [-0.4, -0.2) is 29.1 Å². The molecule has 1 unspecified atom stereocenters. The van der Waals surface area contributed by atoms with Crippen LogP contribution in [0.1, 0.15) is 42.3 Å². The molecular formula is C13H19NO3. The number of carboxylic acid groups (broad SMARTS) is 1. The highest BCUT2D eigenvalue weighted by atomic mass is 16.4. The first-order valence-corrected chi connectivity index (χ1v) is 6.22. The van der Waals surface area contributed by atoms with Crippen molar-refractivity contribution in [1.29, 1.82) is 0 Å². The molecule has 1 atom stereocenters. The zero-order valence-electron chi connectivity index (χ0n) is 10.2. The van der Waals surface area contributed by atoms with Gasteiger partial charge in [-0.05, 0) is 31.4 Å². The van der Waals surface area contributed by atoms with Crippen molar-refractivity contribution in [2.45, 2.75) is 32.7 Å². The van der Waals surface area contributed by atoms with Crippen LogP contribution in [0.15, 0.2) is 16.7 Å². The van der Waals surface area contributed by atoms with E-state index in [-0.39, 0.29) is 5.76 Å². The third kappa shape index (κ3) is 2.88. The number of likely N-dealkylation sites (tertiary alicyclic amines) is 1. The van der Waals surface area contributed by atoms with Gasteiger partial charge in [0, 0.05) is 18.7 Å². The Morgan fingerprint density at radius 3 is 3.18 bits per heavy atom. The summed E-state index contributed by atoms with van der Waals surface area (Å²) < 4.78 is 4.99. The van der Waals surface area contributed by atoms with Gasteiger partial charge in [-0.2, -0.15) is 0 Å². The molecule has 4 heteroatoms. The van der Waals surface area contributed by atoms with Gasteiger partial charge in [0.2, 0.25) is 5.76 Å². The van der Waals surface area contributed by atoms with Gasteiger partial charge in [0.1, 0.15) is 0 Å². The predicted molar refractivity (Wildman–Crippen MR) is 64.0 cm³/mol. The van der Waals surface area contributed by atoms with Crippen molar-refractivity contribution in [2.24, 2.45) is 5.92 Å². The predicted octanol–water partition coefficient (Wildman–Crippen LogP) is 2.60. The van der Waals surface area contributed by atoms with E-state index in [1.165, 1.54) is 25.5 Å². The molecule has 2 heterocycles. The van der Waals surface area contributed by atoms with Gasteiger partial charge >= 0.3 is 5.97 Å². The molecule has 17 heavy (non-hydrogen) atoms. The number of aromatic carboxylic acids is 1. The quantitative estimate of drug-likeness (QED) is 0.874. The van der Waals surface area contributed by atoms with Crippen molar-refractivity contribution in [2.75, 3.05) is 13.1 Å². The number of piperidine rings is 1. The molecule has 1 aliphatic rings. The Bertz CT molecular complexity index is 386. The molecule has 1 aromatic heterocycles. The molecule has 0 amide bonds. The lowest BCUT2D eigenvalue weighted by atomic mass is 9.95. The fourth-order valence-electron chi connectivity index (χ4n) is 2.52. The minimum absolute atomic E-state index is 0.0867. The number of hydrogen-bond acceptors (Lipinski definition) is 3. The largest absolute Gasteiger partial charge is 0.475 e. The average molecular weight is 237 g/mol. The molecule has 94 valence electrons. The Labute approximate surface area is 101 Å². The first kappa shape index (κ1) is 12.2. The molecule has 0 aromatic carbocycles. The lowest BCUT2D eigenvalue weighted by Gasteiger charge is -2.31. The standard InChI is InChI=1S/C13H19NO3/c1-2-10-4-3-6-14(8-10)9-11-5-7-17-12(11)13(15)16/h5,7,10H,2-4,6,8-9H2,1H3,(H,15,16). The summed E-state index contributed by atoms with van der Waals surface area (Å²) in [4.78, 5) is 13.3. The van der Waals surface area contributed by atoms with Crippen LogP contribution in [0.25, 0.3) is 0 Å². The van der Waals surface area contributed by atoms with Crippen LogP contribution < -0.4 is 0 Å². The number of hydrogen-bond donors (Lipinski definition) is 1. The Balaban J connectivity index is 2.00. The van der Waals surface area contributed by atoms with Gasteiger partial charge in [-0.3, -0.25) is 4.90 Å². The third-order valence-corrected chi connectivity index (χ3v) is 3.52. The monoisotopic (exact) mass is 237 g/mol. The lowest BCUT2D eigenvalue weighted by Crippen LogP contribution is -2.34. The van der Waals surface area contributed by atoms with Crippen molar-refractivity contribution in [3.05, 3.63) is 23.7 Å². The van der Waals surface area contributed by atoms with E-state index in [0.29, 0.717) is 6.54 Å². The maximum Gasteiger partial charge on any atom is 0.372 e. The fourth-order valence-corrected chi connectivity index (χ4v) is 2.52. The van der Waals surface area contributed by atoms with E-state index >= 15 is 0 Å². The second-order valence-electron chi connectivity index (χ2n) is 4.73. The van der Waals surface area contributed by atoms with Gasteiger partial charge in [0.15, 0.2) is 0 Å². The minimum atomic E-state index is -0.978. The molecule has 0 bridgehead atoms. The van der Waals surface area contributed by atoms with E-state index in [4.69, 9.17) is 9.52 Å². The van der Waals surface area contributed by atoms with E-state index < -0.39 is 5.97 Å². The summed E-state index contributed by atoms with van der Waals surface area (Å²) in [5.41, 5.74) is 0.786. The smallest absolute Gasteiger partial charge is 0.372 e. The molecule has 4 nitrogen and oxygen atoms in total. The molecule has 1 aromatic rings. The average Bonchev–Trinajstić information content (AvgIpc) is 2.77. The number of carboxylic acids is 1. The molecule has 1 N–H and O–H groups in total. The minimum Gasteiger partial charge on any atom is -0.475 e. The first-order valence-electron chi connectivity index (χ1n) is 6.22. The van der Waals surface area contributed by atoms with Crippen LogP contribution in [0.2, 0.25) is 0 Å². The van der Waals surface area contributed by atoms with Crippen LogP contribution in [0, 0.1) is 5.92 Å². The molecule has 2 rings (SSSR count). The fraction of sp³-hybridized carbons (Fsp3) is 0.615. The van der Waals surface area contributed by atoms with Gasteiger partial charge in [-0.15, -0.1) is 0 Å². The van der Waals surface area contributed by atoms with Crippen LogP contribution in [0.3, 0.4) is 0 Å². The Morgan fingerprint density at radius 1 is 1.65 bits per heavy atom. The number of furan rings is 1. The van der Waals surface area contributed by atoms with E-state index in [2.05, 4.69) is 11.8 Å². The molecule has 1 saturated heterocycles. The summed E-state index contributed by atoms with van der Waals surface area (Å²) in [6.45, 7) is 5.03. The molecule has 1 aliphatic heterocycles. The summed E-state index contributed by atoms with van der Waals surface area (Å²) in [5.74, 6) is -0.137. The third-order valence-electron chi connectivity index (χ3n) is 3.52. The van der Waals surface area contributed by atoms with Crippen LogP contribution in [0.4, 0.5) is 0 Å². The highest BCUT2D eigenvalue weighted by molar-refractivity contribution is 5.86. The topological polar surface area (TPSA) is 53.7 Å². The van der Waals surface area contributed by atoms with E-state index in [0.717, 1.165) is 24.6 Å². The molecule has 0 spiro atoms. The van der Waals surface area contributed by atoms with Gasteiger partial charge in [0.25, 0.3) is 0 Å². The number of nitrogens with zero attached hydrogens (tertiary/aromatic N) is 1. The number of rotatable bonds is 4. The number of carbonyl (C=O) groups is 1. The Hall–Kier alpha value is -1.29. The molecule has 0 radical (unpaired) electrons. The second kappa shape index (κ2) is 5.36. The summed E-state index contributed by atoms with van der Waals surface area (Å²) in [5, 5.41) is 8.97. The zero-order chi connectivity index (χ0) is 12.3. The van der Waals surface area contributed by atoms with Crippen LogP contribution in [0.5, 0.6) is 0 Å². The summed E-state index contributed by atoms with van der Waals surface area (Å²) in [6, 6.07) is 1.76.